The topological polar surface area (TPSA) is 56.5 Å². The Bertz CT molecular complexity index is 567. The van der Waals surface area contributed by atoms with Gasteiger partial charge in [0.05, 0.1) is 12.1 Å². The summed E-state index contributed by atoms with van der Waals surface area (Å²) >= 11 is 0. The van der Waals surface area contributed by atoms with Crippen molar-refractivity contribution >= 4 is 12.1 Å². The molecule has 1 aliphatic heterocycles. The lowest BCUT2D eigenvalue weighted by Gasteiger charge is -2.28. The van der Waals surface area contributed by atoms with Gasteiger partial charge in [0.25, 0.3) is 5.91 Å². The molecule has 0 bridgehead atoms. The van der Waals surface area contributed by atoms with Crippen LogP contribution in [-0.2, 0) is 4.79 Å². The van der Waals surface area contributed by atoms with Crippen LogP contribution < -0.4 is 0 Å². The van der Waals surface area contributed by atoms with Crippen molar-refractivity contribution in [2.75, 3.05) is 0 Å². The Kier molecular flexibility index (Phi) is 3.27. The predicted molar refractivity (Wildman–Crippen MR) is 75.7 cm³/mol. The second kappa shape index (κ2) is 5.09. The van der Waals surface area contributed by atoms with Crippen LogP contribution in [0, 0.1) is 16.7 Å². The molecule has 1 aliphatic carbocycles. The third-order valence-corrected chi connectivity index (χ3v) is 4.30. The monoisotopic (exact) mass is 267 g/mol. The van der Waals surface area contributed by atoms with Crippen LogP contribution in [0.3, 0.4) is 0 Å². The predicted octanol–water partition coefficient (Wildman–Crippen LogP) is 3.03. The second-order valence-corrected chi connectivity index (χ2v) is 5.51. The fraction of sp³-hybridized carbons (Fsp3) is 0.438. The standard InChI is InChI=1S/C16H17N3O/c17-12-16(9-4-5-10-16)15(20)19-14(8-11-18-19)13-6-2-1-3-7-13/h1-3,6-7,11,14H,4-5,8-10H2. The van der Waals surface area contributed by atoms with E-state index in [1.54, 1.807) is 6.21 Å². The largest absolute Gasteiger partial charge is 0.271 e. The zero-order chi connectivity index (χ0) is 14.0. The van der Waals surface area contributed by atoms with Gasteiger partial charge in [0, 0.05) is 12.6 Å². The number of carbonyl (C=O) groups excluding carboxylic acids is 1. The molecule has 1 aromatic carbocycles. The number of rotatable bonds is 2. The molecule has 1 fully saturated rings. The molecule has 1 saturated carbocycles. The maximum absolute atomic E-state index is 12.8. The molecule has 0 radical (unpaired) electrons. The molecule has 0 aromatic heterocycles. The van der Waals surface area contributed by atoms with E-state index in [-0.39, 0.29) is 11.9 Å². The Morgan fingerprint density at radius 3 is 2.65 bits per heavy atom. The Labute approximate surface area is 118 Å². The Morgan fingerprint density at radius 2 is 2.00 bits per heavy atom. The minimum absolute atomic E-state index is 0.0606. The highest BCUT2D eigenvalue weighted by Crippen LogP contribution is 2.42. The van der Waals surface area contributed by atoms with Crippen LogP contribution in [0.2, 0.25) is 0 Å². The normalized spacial score (nSPS) is 23.8. The molecule has 1 atom stereocenters. The van der Waals surface area contributed by atoms with E-state index >= 15 is 0 Å². The first-order chi connectivity index (χ1) is 9.77. The number of carbonyl (C=O) groups is 1. The van der Waals surface area contributed by atoms with E-state index < -0.39 is 5.41 Å². The minimum Gasteiger partial charge on any atom is -0.271 e. The van der Waals surface area contributed by atoms with Crippen LogP contribution in [0.1, 0.15) is 43.7 Å². The Morgan fingerprint density at radius 1 is 1.30 bits per heavy atom. The summed E-state index contributed by atoms with van der Waals surface area (Å²) in [5.74, 6) is -0.125. The van der Waals surface area contributed by atoms with Crippen LogP contribution in [0.5, 0.6) is 0 Å². The van der Waals surface area contributed by atoms with Crippen LogP contribution in [0.4, 0.5) is 0 Å². The maximum atomic E-state index is 12.8. The van der Waals surface area contributed by atoms with Gasteiger partial charge in [-0.3, -0.25) is 4.79 Å². The summed E-state index contributed by atoms with van der Waals surface area (Å²) in [6.45, 7) is 0. The van der Waals surface area contributed by atoms with E-state index in [2.05, 4.69) is 11.2 Å². The van der Waals surface area contributed by atoms with E-state index in [1.165, 1.54) is 5.01 Å². The van der Waals surface area contributed by atoms with Crippen molar-refractivity contribution < 1.29 is 4.79 Å². The lowest BCUT2D eigenvalue weighted by atomic mass is 9.86. The van der Waals surface area contributed by atoms with Gasteiger partial charge < -0.3 is 0 Å². The summed E-state index contributed by atoms with van der Waals surface area (Å²) in [5.41, 5.74) is 0.221. The van der Waals surface area contributed by atoms with Gasteiger partial charge in [-0.2, -0.15) is 10.4 Å². The van der Waals surface area contributed by atoms with Crippen LogP contribution in [0.25, 0.3) is 0 Å². The van der Waals surface area contributed by atoms with Gasteiger partial charge in [-0.05, 0) is 18.4 Å². The number of nitrogens with zero attached hydrogens (tertiary/aromatic N) is 3. The summed E-state index contributed by atoms with van der Waals surface area (Å²) in [6.07, 6.45) is 5.72. The van der Waals surface area contributed by atoms with Crippen LogP contribution in [0.15, 0.2) is 35.4 Å². The summed E-state index contributed by atoms with van der Waals surface area (Å²) in [4.78, 5) is 12.8. The van der Waals surface area contributed by atoms with E-state index in [0.29, 0.717) is 12.8 Å². The van der Waals surface area contributed by atoms with Crippen molar-refractivity contribution in [1.82, 2.24) is 5.01 Å². The average molecular weight is 267 g/mol. The van der Waals surface area contributed by atoms with Crippen molar-refractivity contribution in [1.29, 1.82) is 5.26 Å². The Balaban J connectivity index is 1.87. The summed E-state index contributed by atoms with van der Waals surface area (Å²) in [7, 11) is 0. The number of amides is 1. The SMILES string of the molecule is N#CC1(C(=O)N2N=CCC2c2ccccc2)CCCC1. The molecular weight excluding hydrogens is 250 g/mol. The first kappa shape index (κ1) is 12.9. The molecule has 4 nitrogen and oxygen atoms in total. The third-order valence-electron chi connectivity index (χ3n) is 4.30. The molecule has 1 unspecified atom stereocenters. The first-order valence-corrected chi connectivity index (χ1v) is 7.09. The van der Waals surface area contributed by atoms with E-state index in [0.717, 1.165) is 24.8 Å². The lowest BCUT2D eigenvalue weighted by Crippen LogP contribution is -2.39. The molecule has 1 aromatic rings. The molecule has 20 heavy (non-hydrogen) atoms. The molecule has 102 valence electrons. The van der Waals surface area contributed by atoms with Gasteiger partial charge in [0.1, 0.15) is 5.41 Å². The van der Waals surface area contributed by atoms with Gasteiger partial charge in [-0.1, -0.05) is 43.2 Å². The molecule has 1 heterocycles. The number of hydrazone groups is 1. The van der Waals surface area contributed by atoms with Crippen molar-refractivity contribution in [3.8, 4) is 6.07 Å². The minimum atomic E-state index is -0.852. The summed E-state index contributed by atoms with van der Waals surface area (Å²) in [6, 6.07) is 12.1. The summed E-state index contributed by atoms with van der Waals surface area (Å²) < 4.78 is 0. The number of benzene rings is 1. The van der Waals surface area contributed by atoms with Crippen molar-refractivity contribution in [3.63, 3.8) is 0 Å². The van der Waals surface area contributed by atoms with Gasteiger partial charge in [0.2, 0.25) is 0 Å². The fourth-order valence-electron chi connectivity index (χ4n) is 3.13. The number of nitriles is 1. The fourth-order valence-corrected chi connectivity index (χ4v) is 3.13. The molecule has 1 amide bonds. The number of hydrogen-bond acceptors (Lipinski definition) is 3. The van der Waals surface area contributed by atoms with E-state index in [9.17, 15) is 10.1 Å². The molecule has 4 heteroatoms. The zero-order valence-electron chi connectivity index (χ0n) is 11.3. The average Bonchev–Trinajstić information content (AvgIpc) is 3.17. The molecule has 0 N–H and O–H groups in total. The van der Waals surface area contributed by atoms with Crippen LogP contribution >= 0.6 is 0 Å². The number of hydrogen-bond donors (Lipinski definition) is 0. The van der Waals surface area contributed by atoms with Crippen LogP contribution in [-0.4, -0.2) is 17.1 Å². The molecular formula is C16H17N3O. The zero-order valence-corrected chi connectivity index (χ0v) is 11.3. The quantitative estimate of drug-likeness (QED) is 0.827. The van der Waals surface area contributed by atoms with Gasteiger partial charge >= 0.3 is 0 Å². The molecule has 0 spiro atoms. The lowest BCUT2D eigenvalue weighted by molar-refractivity contribution is -0.140. The van der Waals surface area contributed by atoms with Gasteiger partial charge in [-0.25, -0.2) is 5.01 Å². The summed E-state index contributed by atoms with van der Waals surface area (Å²) in [5, 5.41) is 15.2. The van der Waals surface area contributed by atoms with E-state index in [4.69, 9.17) is 0 Å². The smallest absolute Gasteiger partial charge is 0.263 e. The Hall–Kier alpha value is -2.15. The first-order valence-electron chi connectivity index (χ1n) is 7.09. The van der Waals surface area contributed by atoms with Crippen molar-refractivity contribution in [2.45, 2.75) is 38.1 Å². The van der Waals surface area contributed by atoms with E-state index in [1.807, 2.05) is 30.3 Å². The van der Waals surface area contributed by atoms with Crippen molar-refractivity contribution in [2.24, 2.45) is 10.5 Å². The highest BCUT2D eigenvalue weighted by molar-refractivity contribution is 5.87. The highest BCUT2D eigenvalue weighted by Gasteiger charge is 2.46. The third kappa shape index (κ3) is 2.00. The van der Waals surface area contributed by atoms with Crippen molar-refractivity contribution in [3.05, 3.63) is 35.9 Å². The maximum Gasteiger partial charge on any atom is 0.263 e. The molecule has 3 rings (SSSR count). The molecule has 2 aliphatic rings. The molecule has 0 saturated heterocycles. The second-order valence-electron chi connectivity index (χ2n) is 5.51. The van der Waals surface area contributed by atoms with Gasteiger partial charge in [0.15, 0.2) is 0 Å². The highest BCUT2D eigenvalue weighted by atomic mass is 16.2. The van der Waals surface area contributed by atoms with Gasteiger partial charge in [-0.15, -0.1) is 0 Å².